The second kappa shape index (κ2) is 9.74. The number of carboxylic acid groups (broad SMARTS) is 1. The van der Waals surface area contributed by atoms with E-state index in [1.54, 1.807) is 0 Å². The molecule has 0 aliphatic heterocycles. The number of pyridine rings is 1. The number of carboxylic acids is 1. The van der Waals surface area contributed by atoms with Gasteiger partial charge in [-0.3, -0.25) is 14.0 Å². The van der Waals surface area contributed by atoms with Gasteiger partial charge in [-0.05, 0) is 56.6 Å². The summed E-state index contributed by atoms with van der Waals surface area (Å²) in [5.74, 6) is 0.785. The number of aromatic nitrogens is 2. The number of rotatable bonds is 8. The minimum absolute atomic E-state index is 0.0245. The normalized spacial score (nSPS) is 21.1. The lowest BCUT2D eigenvalue weighted by Crippen LogP contribution is -2.42. The molecule has 2 heterocycles. The fraction of sp³-hybridized carbons (Fsp3) is 0.654. The Bertz CT molecular complexity index is 1000. The predicted octanol–water partition coefficient (Wildman–Crippen LogP) is 5.11. The van der Waals surface area contributed by atoms with E-state index in [0.29, 0.717) is 17.5 Å². The average Bonchev–Trinajstić information content (AvgIpc) is 3.62. The number of fused-ring (bicyclic) bond motifs is 1. The largest absolute Gasteiger partial charge is 0.481 e. The highest BCUT2D eigenvalue weighted by molar-refractivity contribution is 5.95. The summed E-state index contributed by atoms with van der Waals surface area (Å²) in [6.45, 7) is 0. The number of nitrogens with zero attached hydrogens (tertiary/aromatic N) is 2. The van der Waals surface area contributed by atoms with Gasteiger partial charge in [-0.2, -0.15) is 0 Å². The maximum absolute atomic E-state index is 13.1. The molecule has 0 saturated heterocycles. The zero-order valence-corrected chi connectivity index (χ0v) is 19.4. The number of aliphatic carboxylic acids is 1. The second-order valence-electron chi connectivity index (χ2n) is 10.3. The van der Waals surface area contributed by atoms with Crippen LogP contribution in [-0.2, 0) is 4.79 Å². The van der Waals surface area contributed by atoms with Crippen molar-refractivity contribution in [1.29, 1.82) is 0 Å². The minimum Gasteiger partial charge on any atom is -0.481 e. The third kappa shape index (κ3) is 5.17. The van der Waals surface area contributed by atoms with Gasteiger partial charge >= 0.3 is 5.97 Å². The van der Waals surface area contributed by atoms with Crippen molar-refractivity contribution in [3.63, 3.8) is 0 Å². The number of amides is 1. The summed E-state index contributed by atoms with van der Waals surface area (Å²) in [4.78, 5) is 29.5. The van der Waals surface area contributed by atoms with Crippen LogP contribution in [0.3, 0.4) is 0 Å². The summed E-state index contributed by atoms with van der Waals surface area (Å²) in [6.07, 6.45) is 15.9. The van der Waals surface area contributed by atoms with Crippen molar-refractivity contribution < 1.29 is 14.7 Å². The topological polar surface area (TPSA) is 95.7 Å². The Morgan fingerprint density at radius 2 is 1.73 bits per heavy atom. The molecule has 0 bridgehead atoms. The van der Waals surface area contributed by atoms with Gasteiger partial charge in [-0.1, -0.05) is 38.5 Å². The van der Waals surface area contributed by atoms with Gasteiger partial charge in [0.2, 0.25) is 0 Å². The Morgan fingerprint density at radius 3 is 2.39 bits per heavy atom. The van der Waals surface area contributed by atoms with E-state index in [-0.39, 0.29) is 24.3 Å². The molecule has 5 rings (SSSR count). The molecule has 1 atom stereocenters. The van der Waals surface area contributed by atoms with Gasteiger partial charge in [-0.25, -0.2) is 4.98 Å². The number of anilines is 1. The highest BCUT2D eigenvalue weighted by atomic mass is 16.4. The van der Waals surface area contributed by atoms with E-state index in [0.717, 1.165) is 42.8 Å². The predicted molar refractivity (Wildman–Crippen MR) is 128 cm³/mol. The van der Waals surface area contributed by atoms with Crippen LogP contribution in [0.5, 0.6) is 0 Å². The maximum atomic E-state index is 13.1. The third-order valence-electron chi connectivity index (χ3n) is 7.76. The first-order valence-electron chi connectivity index (χ1n) is 12.9. The summed E-state index contributed by atoms with van der Waals surface area (Å²) < 4.78 is 2.09. The molecule has 0 spiro atoms. The van der Waals surface area contributed by atoms with Gasteiger partial charge in [0.1, 0.15) is 11.5 Å². The average molecular weight is 453 g/mol. The van der Waals surface area contributed by atoms with Crippen LogP contribution < -0.4 is 10.6 Å². The molecule has 7 heteroatoms. The summed E-state index contributed by atoms with van der Waals surface area (Å²) in [5.41, 5.74) is 2.46. The molecule has 3 aliphatic rings. The molecule has 33 heavy (non-hydrogen) atoms. The molecular weight excluding hydrogens is 416 g/mol. The van der Waals surface area contributed by atoms with E-state index >= 15 is 0 Å². The molecule has 0 aromatic carbocycles. The molecule has 3 fully saturated rings. The molecule has 0 radical (unpaired) electrons. The van der Waals surface area contributed by atoms with Gasteiger partial charge in [0.05, 0.1) is 12.1 Å². The molecule has 3 saturated carbocycles. The fourth-order valence-corrected chi connectivity index (χ4v) is 5.74. The van der Waals surface area contributed by atoms with Crippen LogP contribution in [0, 0.1) is 5.92 Å². The SMILES string of the molecule is O=C(O)CC(NC(=O)c1ccn2c(NC3CCCCC3)c(C3CC3)nc2c1)C1CCCCC1. The standard InChI is InChI=1S/C26H36N4O3/c31-23(32)16-21(17-7-3-1-4-8-17)28-26(33)19-13-14-30-22(15-19)29-24(18-11-12-18)25(30)27-20-9-5-2-6-10-20/h13-15,17-18,20-21,27H,1-12,16H2,(H,28,33)(H,31,32). The smallest absolute Gasteiger partial charge is 0.305 e. The van der Waals surface area contributed by atoms with Gasteiger partial charge in [0.25, 0.3) is 5.91 Å². The van der Waals surface area contributed by atoms with E-state index in [4.69, 9.17) is 4.98 Å². The monoisotopic (exact) mass is 452 g/mol. The van der Waals surface area contributed by atoms with Crippen LogP contribution in [0.4, 0.5) is 5.82 Å². The summed E-state index contributed by atoms with van der Waals surface area (Å²) >= 11 is 0. The molecule has 2 aromatic heterocycles. The number of imidazole rings is 1. The molecule has 2 aromatic rings. The lowest BCUT2D eigenvalue weighted by Gasteiger charge is -2.30. The van der Waals surface area contributed by atoms with E-state index < -0.39 is 5.97 Å². The quantitative estimate of drug-likeness (QED) is 0.517. The van der Waals surface area contributed by atoms with Crippen LogP contribution in [0.25, 0.3) is 5.65 Å². The van der Waals surface area contributed by atoms with Crippen molar-refractivity contribution >= 4 is 23.3 Å². The third-order valence-corrected chi connectivity index (χ3v) is 7.76. The lowest BCUT2D eigenvalue weighted by molar-refractivity contribution is -0.137. The first kappa shape index (κ1) is 22.2. The van der Waals surface area contributed by atoms with Crippen molar-refractivity contribution in [1.82, 2.24) is 14.7 Å². The number of nitrogens with one attached hydrogen (secondary N) is 2. The van der Waals surface area contributed by atoms with Crippen molar-refractivity contribution in [2.24, 2.45) is 5.92 Å². The lowest BCUT2D eigenvalue weighted by atomic mass is 9.82. The first-order valence-corrected chi connectivity index (χ1v) is 12.9. The van der Waals surface area contributed by atoms with E-state index in [1.165, 1.54) is 51.4 Å². The van der Waals surface area contributed by atoms with Crippen LogP contribution in [0.15, 0.2) is 18.3 Å². The molecule has 7 nitrogen and oxygen atoms in total. The number of hydrogen-bond donors (Lipinski definition) is 3. The molecule has 1 unspecified atom stereocenters. The van der Waals surface area contributed by atoms with E-state index in [2.05, 4.69) is 15.0 Å². The van der Waals surface area contributed by atoms with Gasteiger partial charge in [0.15, 0.2) is 0 Å². The zero-order chi connectivity index (χ0) is 22.8. The zero-order valence-electron chi connectivity index (χ0n) is 19.4. The molecule has 3 N–H and O–H groups in total. The fourth-order valence-electron chi connectivity index (χ4n) is 5.74. The Kier molecular flexibility index (Phi) is 6.56. The van der Waals surface area contributed by atoms with Crippen molar-refractivity contribution in [3.05, 3.63) is 29.6 Å². The van der Waals surface area contributed by atoms with Crippen LogP contribution in [0.2, 0.25) is 0 Å². The highest BCUT2D eigenvalue weighted by Gasteiger charge is 2.32. The second-order valence-corrected chi connectivity index (χ2v) is 10.3. The first-order chi connectivity index (χ1) is 16.1. The molecular formula is C26H36N4O3. The number of carbonyl (C=O) groups excluding carboxylic acids is 1. The molecule has 1 amide bonds. The summed E-state index contributed by atoms with van der Waals surface area (Å²) in [6, 6.07) is 3.86. The number of carbonyl (C=O) groups is 2. The summed E-state index contributed by atoms with van der Waals surface area (Å²) in [5, 5.41) is 16.2. The number of hydrogen-bond acceptors (Lipinski definition) is 4. The Balaban J connectivity index is 1.36. The molecule has 178 valence electrons. The summed E-state index contributed by atoms with van der Waals surface area (Å²) in [7, 11) is 0. The van der Waals surface area contributed by atoms with Crippen LogP contribution >= 0.6 is 0 Å². The minimum atomic E-state index is -0.859. The van der Waals surface area contributed by atoms with Gasteiger partial charge < -0.3 is 15.7 Å². The maximum Gasteiger partial charge on any atom is 0.305 e. The molecule has 3 aliphatic carbocycles. The van der Waals surface area contributed by atoms with Crippen LogP contribution in [-0.4, -0.2) is 38.5 Å². The van der Waals surface area contributed by atoms with Crippen LogP contribution in [0.1, 0.15) is 105 Å². The Morgan fingerprint density at radius 1 is 1.03 bits per heavy atom. The van der Waals surface area contributed by atoms with Gasteiger partial charge in [0, 0.05) is 29.8 Å². The van der Waals surface area contributed by atoms with Gasteiger partial charge in [-0.15, -0.1) is 0 Å². The van der Waals surface area contributed by atoms with Crippen molar-refractivity contribution in [3.8, 4) is 0 Å². The van der Waals surface area contributed by atoms with Crippen molar-refractivity contribution in [2.45, 2.75) is 101 Å². The highest BCUT2D eigenvalue weighted by Crippen LogP contribution is 2.43. The Hall–Kier alpha value is -2.57. The van der Waals surface area contributed by atoms with Crippen molar-refractivity contribution in [2.75, 3.05) is 5.32 Å². The van der Waals surface area contributed by atoms with E-state index in [9.17, 15) is 14.7 Å². The van der Waals surface area contributed by atoms with E-state index in [1.807, 2.05) is 18.3 Å². The Labute approximate surface area is 195 Å².